The lowest BCUT2D eigenvalue weighted by atomic mass is 10.1. The molecule has 0 saturated heterocycles. The summed E-state index contributed by atoms with van der Waals surface area (Å²) < 4.78 is 8.10. The highest BCUT2D eigenvalue weighted by molar-refractivity contribution is 5.78. The maximum Gasteiger partial charge on any atom is 0.212 e. The van der Waals surface area contributed by atoms with Gasteiger partial charge in [-0.05, 0) is 43.2 Å². The Morgan fingerprint density at radius 2 is 1.81 bits per heavy atom. The summed E-state index contributed by atoms with van der Waals surface area (Å²) in [5.74, 6) is 0.937. The highest BCUT2D eigenvalue weighted by atomic mass is 16.5. The number of aryl methyl sites for hydroxylation is 2. The van der Waals surface area contributed by atoms with Gasteiger partial charge in [0.1, 0.15) is 12.4 Å². The SMILES string of the molecule is Cc1cccc(OCC[n+]2ccc(C)c3ccccc32)c1. The Bertz CT molecular complexity index is 764. The quantitative estimate of drug-likeness (QED) is 0.661. The van der Waals surface area contributed by atoms with Crippen LogP contribution in [0, 0.1) is 13.8 Å². The third-order valence-corrected chi connectivity index (χ3v) is 3.73. The van der Waals surface area contributed by atoms with E-state index in [0.29, 0.717) is 6.61 Å². The molecule has 2 heteroatoms. The van der Waals surface area contributed by atoms with Gasteiger partial charge in [0.05, 0.1) is 0 Å². The first-order valence-electron chi connectivity index (χ1n) is 7.31. The Hall–Kier alpha value is -2.35. The van der Waals surface area contributed by atoms with Crippen LogP contribution in [0.2, 0.25) is 0 Å². The van der Waals surface area contributed by atoms with Crippen LogP contribution in [-0.2, 0) is 6.54 Å². The molecule has 0 atom stereocenters. The van der Waals surface area contributed by atoms with Crippen molar-refractivity contribution >= 4 is 10.9 Å². The minimum absolute atomic E-state index is 0.668. The molecule has 0 bridgehead atoms. The van der Waals surface area contributed by atoms with Crippen molar-refractivity contribution in [3.05, 3.63) is 71.9 Å². The number of rotatable bonds is 4. The van der Waals surface area contributed by atoms with Gasteiger partial charge >= 0.3 is 0 Å². The molecule has 0 saturated carbocycles. The number of fused-ring (bicyclic) bond motifs is 1. The Morgan fingerprint density at radius 1 is 0.952 bits per heavy atom. The predicted octanol–water partition coefficient (Wildman–Crippen LogP) is 3.82. The first-order valence-corrected chi connectivity index (χ1v) is 7.31. The van der Waals surface area contributed by atoms with E-state index in [9.17, 15) is 0 Å². The van der Waals surface area contributed by atoms with E-state index in [1.54, 1.807) is 0 Å². The molecule has 2 nitrogen and oxygen atoms in total. The topological polar surface area (TPSA) is 13.1 Å². The van der Waals surface area contributed by atoms with Gasteiger partial charge in [-0.2, -0.15) is 4.57 Å². The zero-order valence-electron chi connectivity index (χ0n) is 12.5. The molecule has 1 heterocycles. The number of ether oxygens (including phenoxy) is 1. The molecule has 0 aliphatic carbocycles. The third kappa shape index (κ3) is 3.05. The van der Waals surface area contributed by atoms with Gasteiger partial charge in [0.25, 0.3) is 0 Å². The third-order valence-electron chi connectivity index (χ3n) is 3.73. The number of para-hydroxylation sites is 1. The van der Waals surface area contributed by atoms with Crippen molar-refractivity contribution in [3.8, 4) is 5.75 Å². The maximum atomic E-state index is 5.85. The molecule has 21 heavy (non-hydrogen) atoms. The Kier molecular flexibility index (Phi) is 3.87. The van der Waals surface area contributed by atoms with E-state index in [1.807, 2.05) is 12.1 Å². The molecule has 3 rings (SSSR count). The zero-order chi connectivity index (χ0) is 14.7. The van der Waals surface area contributed by atoms with Gasteiger partial charge < -0.3 is 4.74 Å². The average Bonchev–Trinajstić information content (AvgIpc) is 2.50. The molecule has 0 spiro atoms. The lowest BCUT2D eigenvalue weighted by Gasteiger charge is -2.07. The van der Waals surface area contributed by atoms with Gasteiger partial charge in [-0.3, -0.25) is 0 Å². The first kappa shape index (κ1) is 13.6. The number of benzene rings is 2. The number of aromatic nitrogens is 1. The lowest BCUT2D eigenvalue weighted by Crippen LogP contribution is -2.37. The van der Waals surface area contributed by atoms with Crippen molar-refractivity contribution in [2.45, 2.75) is 20.4 Å². The molecule has 106 valence electrons. The monoisotopic (exact) mass is 278 g/mol. The van der Waals surface area contributed by atoms with Crippen LogP contribution >= 0.6 is 0 Å². The summed E-state index contributed by atoms with van der Waals surface area (Å²) in [7, 11) is 0. The molecule has 0 aliphatic rings. The normalized spacial score (nSPS) is 10.8. The van der Waals surface area contributed by atoms with Crippen LogP contribution in [0.15, 0.2) is 60.8 Å². The van der Waals surface area contributed by atoms with E-state index >= 15 is 0 Å². The Morgan fingerprint density at radius 3 is 2.67 bits per heavy atom. The second kappa shape index (κ2) is 5.96. The van der Waals surface area contributed by atoms with Gasteiger partial charge in [0.15, 0.2) is 12.7 Å². The second-order valence-electron chi connectivity index (χ2n) is 5.37. The smallest absolute Gasteiger partial charge is 0.212 e. The standard InChI is InChI=1S/C19H20NO/c1-15-6-5-7-17(14-15)21-13-12-20-11-10-16(2)18-8-3-4-9-19(18)20/h3-11,14H,12-13H2,1-2H3/q+1. The van der Waals surface area contributed by atoms with Crippen molar-refractivity contribution in [3.63, 3.8) is 0 Å². The Labute approximate surface area is 125 Å². The number of hydrogen-bond donors (Lipinski definition) is 0. The minimum Gasteiger partial charge on any atom is -0.487 e. The molecule has 1 aromatic heterocycles. The van der Waals surface area contributed by atoms with Crippen LogP contribution in [0.1, 0.15) is 11.1 Å². The van der Waals surface area contributed by atoms with Crippen LogP contribution in [-0.4, -0.2) is 6.61 Å². The van der Waals surface area contributed by atoms with E-state index in [4.69, 9.17) is 4.74 Å². The van der Waals surface area contributed by atoms with Crippen LogP contribution in [0.4, 0.5) is 0 Å². The van der Waals surface area contributed by atoms with E-state index in [1.165, 1.54) is 22.0 Å². The van der Waals surface area contributed by atoms with E-state index in [0.717, 1.165) is 12.3 Å². The molecule has 3 aromatic rings. The minimum atomic E-state index is 0.668. The fraction of sp³-hybridized carbons (Fsp3) is 0.211. The summed E-state index contributed by atoms with van der Waals surface area (Å²) in [5, 5.41) is 1.30. The summed E-state index contributed by atoms with van der Waals surface area (Å²) >= 11 is 0. The molecule has 0 amide bonds. The zero-order valence-corrected chi connectivity index (χ0v) is 12.5. The van der Waals surface area contributed by atoms with E-state index in [2.05, 4.69) is 67.1 Å². The largest absolute Gasteiger partial charge is 0.487 e. The molecule has 2 aromatic carbocycles. The number of hydrogen-bond acceptors (Lipinski definition) is 1. The molecule has 0 aliphatic heterocycles. The lowest BCUT2D eigenvalue weighted by molar-refractivity contribution is -0.672. The maximum absolute atomic E-state index is 5.85. The second-order valence-corrected chi connectivity index (χ2v) is 5.37. The first-order chi connectivity index (χ1) is 10.2. The molecular weight excluding hydrogens is 258 g/mol. The average molecular weight is 278 g/mol. The van der Waals surface area contributed by atoms with Crippen molar-refractivity contribution < 1.29 is 9.30 Å². The van der Waals surface area contributed by atoms with Crippen molar-refractivity contribution in [2.75, 3.05) is 6.61 Å². The van der Waals surface area contributed by atoms with E-state index < -0.39 is 0 Å². The van der Waals surface area contributed by atoms with E-state index in [-0.39, 0.29) is 0 Å². The van der Waals surface area contributed by atoms with Crippen LogP contribution < -0.4 is 9.30 Å². The molecule has 0 radical (unpaired) electrons. The summed E-state index contributed by atoms with van der Waals surface area (Å²) in [6.45, 7) is 5.74. The fourth-order valence-electron chi connectivity index (χ4n) is 2.59. The van der Waals surface area contributed by atoms with Crippen LogP contribution in [0.25, 0.3) is 10.9 Å². The molecule has 0 N–H and O–H groups in total. The van der Waals surface area contributed by atoms with Gasteiger partial charge in [-0.15, -0.1) is 0 Å². The van der Waals surface area contributed by atoms with Crippen LogP contribution in [0.3, 0.4) is 0 Å². The molecule has 0 unspecified atom stereocenters. The Balaban J connectivity index is 1.75. The van der Waals surface area contributed by atoms with Gasteiger partial charge in [0, 0.05) is 17.5 Å². The highest BCUT2D eigenvalue weighted by Crippen LogP contribution is 2.14. The summed E-state index contributed by atoms with van der Waals surface area (Å²) in [6.07, 6.45) is 2.14. The molecule has 0 fully saturated rings. The van der Waals surface area contributed by atoms with Gasteiger partial charge in [0.2, 0.25) is 5.52 Å². The van der Waals surface area contributed by atoms with Crippen LogP contribution in [0.5, 0.6) is 5.75 Å². The highest BCUT2D eigenvalue weighted by Gasteiger charge is 2.09. The van der Waals surface area contributed by atoms with Crippen molar-refractivity contribution in [2.24, 2.45) is 0 Å². The predicted molar refractivity (Wildman–Crippen MR) is 85.6 cm³/mol. The summed E-state index contributed by atoms with van der Waals surface area (Å²) in [6, 6.07) is 18.8. The summed E-state index contributed by atoms with van der Waals surface area (Å²) in [5.41, 5.74) is 3.78. The van der Waals surface area contributed by atoms with Crippen molar-refractivity contribution in [1.29, 1.82) is 0 Å². The van der Waals surface area contributed by atoms with Gasteiger partial charge in [-0.1, -0.05) is 24.3 Å². The number of nitrogens with zero attached hydrogens (tertiary/aromatic N) is 1. The molecular formula is C19H20NO+. The van der Waals surface area contributed by atoms with Gasteiger partial charge in [-0.25, -0.2) is 0 Å². The van der Waals surface area contributed by atoms with Crippen molar-refractivity contribution in [1.82, 2.24) is 0 Å². The number of pyridine rings is 1. The summed E-state index contributed by atoms with van der Waals surface area (Å²) in [4.78, 5) is 0. The fourth-order valence-corrected chi connectivity index (χ4v) is 2.59.